The lowest BCUT2D eigenvalue weighted by atomic mass is 9.77. The van der Waals surface area contributed by atoms with E-state index in [1.54, 1.807) is 6.92 Å². The first-order chi connectivity index (χ1) is 10.7. The molecule has 5 nitrogen and oxygen atoms in total. The number of carbonyl (C=O) groups is 1. The molecule has 1 atom stereocenters. The number of amides is 1. The average Bonchev–Trinajstić information content (AvgIpc) is 2.41. The molecule has 0 spiro atoms. The van der Waals surface area contributed by atoms with Crippen LogP contribution in [0.5, 0.6) is 5.75 Å². The van der Waals surface area contributed by atoms with Crippen molar-refractivity contribution in [3.05, 3.63) is 28.8 Å². The summed E-state index contributed by atoms with van der Waals surface area (Å²) in [5, 5.41) is 31.0. The number of hydrogen-bond donors (Lipinski definition) is 4. The van der Waals surface area contributed by atoms with Gasteiger partial charge in [0.25, 0.3) is 0 Å². The minimum atomic E-state index is -1.57. The van der Waals surface area contributed by atoms with Gasteiger partial charge < -0.3 is 20.6 Å². The molecular weight excluding hydrogens is 306 g/mol. The molecule has 4 N–H and O–H groups in total. The number of benzene rings is 1. The quantitative estimate of drug-likeness (QED) is 0.636. The maximum atomic E-state index is 12.3. The third-order valence-corrected chi connectivity index (χ3v) is 4.10. The Kier molecular flexibility index (Phi) is 6.06. The Labute approximate surface area is 144 Å². The lowest BCUT2D eigenvalue weighted by molar-refractivity contribution is -0.124. The monoisotopic (exact) mass is 337 g/mol. The summed E-state index contributed by atoms with van der Waals surface area (Å²) in [6, 6.07) is 3.73. The Bertz CT molecular complexity index is 559. The molecule has 0 heterocycles. The molecule has 1 rings (SSSR count). The van der Waals surface area contributed by atoms with Crippen LogP contribution in [0.2, 0.25) is 0 Å². The summed E-state index contributed by atoms with van der Waals surface area (Å²) in [6.07, 6.45) is -1.57. The first-order valence-corrected chi connectivity index (χ1v) is 8.27. The Balaban J connectivity index is 3.36. The van der Waals surface area contributed by atoms with Crippen LogP contribution in [-0.2, 0) is 15.6 Å². The van der Waals surface area contributed by atoms with Crippen LogP contribution in [0.4, 0.5) is 0 Å². The second-order valence-electron chi connectivity index (χ2n) is 8.41. The van der Waals surface area contributed by atoms with Crippen molar-refractivity contribution < 1.29 is 20.1 Å². The van der Waals surface area contributed by atoms with Gasteiger partial charge in [-0.1, -0.05) is 53.7 Å². The number of aromatic hydroxyl groups is 1. The van der Waals surface area contributed by atoms with Gasteiger partial charge >= 0.3 is 0 Å². The van der Waals surface area contributed by atoms with Gasteiger partial charge in [0, 0.05) is 0 Å². The number of carbonyl (C=O) groups excluding carboxylic acids is 1. The van der Waals surface area contributed by atoms with E-state index in [0.717, 1.165) is 16.7 Å². The first-order valence-electron chi connectivity index (χ1n) is 8.27. The number of aliphatic hydroxyl groups is 2. The molecule has 0 fully saturated rings. The van der Waals surface area contributed by atoms with E-state index in [0.29, 0.717) is 0 Å². The van der Waals surface area contributed by atoms with E-state index in [1.165, 1.54) is 0 Å². The van der Waals surface area contributed by atoms with Crippen molar-refractivity contribution in [3.63, 3.8) is 0 Å². The molecule has 0 aliphatic heterocycles. The lowest BCUT2D eigenvalue weighted by Crippen LogP contribution is -2.34. The van der Waals surface area contributed by atoms with Crippen molar-refractivity contribution in [1.82, 2.24) is 5.32 Å². The topological polar surface area (TPSA) is 89.8 Å². The largest absolute Gasteiger partial charge is 0.507 e. The summed E-state index contributed by atoms with van der Waals surface area (Å²) in [5.74, 6) is -0.475. The summed E-state index contributed by atoms with van der Waals surface area (Å²) in [4.78, 5) is 12.3. The fraction of sp³-hybridized carbons (Fsp3) is 0.632. The Morgan fingerprint density at radius 2 is 1.46 bits per heavy atom. The van der Waals surface area contributed by atoms with Crippen molar-refractivity contribution in [2.24, 2.45) is 0 Å². The van der Waals surface area contributed by atoms with Gasteiger partial charge in [-0.25, -0.2) is 0 Å². The number of phenols is 1. The highest BCUT2D eigenvalue weighted by molar-refractivity contribution is 5.83. The van der Waals surface area contributed by atoms with Gasteiger partial charge in [0.15, 0.2) is 6.29 Å². The first kappa shape index (κ1) is 20.5. The molecule has 1 amide bonds. The van der Waals surface area contributed by atoms with Crippen LogP contribution in [0.1, 0.15) is 71.1 Å². The highest BCUT2D eigenvalue weighted by Gasteiger charge is 2.28. The predicted molar refractivity (Wildman–Crippen MR) is 95.2 cm³/mol. The van der Waals surface area contributed by atoms with Crippen molar-refractivity contribution in [2.75, 3.05) is 6.54 Å². The van der Waals surface area contributed by atoms with E-state index < -0.39 is 12.2 Å². The van der Waals surface area contributed by atoms with E-state index in [4.69, 9.17) is 10.2 Å². The van der Waals surface area contributed by atoms with Crippen molar-refractivity contribution in [2.45, 2.75) is 71.5 Å². The predicted octanol–water partition coefficient (Wildman–Crippen LogP) is 2.52. The Morgan fingerprint density at radius 3 is 1.79 bits per heavy atom. The van der Waals surface area contributed by atoms with Crippen molar-refractivity contribution in [3.8, 4) is 5.75 Å². The van der Waals surface area contributed by atoms with Gasteiger partial charge in [0.2, 0.25) is 5.91 Å². The van der Waals surface area contributed by atoms with Gasteiger partial charge in [0.05, 0.1) is 12.5 Å². The van der Waals surface area contributed by atoms with Crippen LogP contribution >= 0.6 is 0 Å². The van der Waals surface area contributed by atoms with E-state index in [9.17, 15) is 9.90 Å². The normalized spacial score (nSPS) is 13.9. The average molecular weight is 337 g/mol. The Morgan fingerprint density at radius 1 is 1.04 bits per heavy atom. The van der Waals surface area contributed by atoms with Crippen LogP contribution in [-0.4, -0.2) is 34.1 Å². The molecule has 1 unspecified atom stereocenters. The molecule has 0 aliphatic rings. The maximum Gasteiger partial charge on any atom is 0.227 e. The van der Waals surface area contributed by atoms with Crippen LogP contribution < -0.4 is 5.32 Å². The van der Waals surface area contributed by atoms with Gasteiger partial charge in [-0.15, -0.1) is 0 Å². The van der Waals surface area contributed by atoms with Crippen molar-refractivity contribution >= 4 is 5.91 Å². The Hall–Kier alpha value is -1.59. The summed E-state index contributed by atoms with van der Waals surface area (Å²) in [5.41, 5.74) is 1.86. The number of aliphatic hydroxyl groups excluding tert-OH is 1. The molecule has 0 bridgehead atoms. The SMILES string of the molecule is CC(C(=O)NCC(O)O)c1cc(C(C)(C)C)c(O)c(C(C)(C)C)c1. The molecule has 0 saturated carbocycles. The molecular formula is C19H31NO4. The molecule has 0 aromatic heterocycles. The third kappa shape index (κ3) is 4.95. The van der Waals surface area contributed by atoms with Gasteiger partial charge in [-0.05, 0) is 34.4 Å². The zero-order valence-electron chi connectivity index (χ0n) is 15.8. The standard InChI is InChI=1S/C19H31NO4/c1-11(17(24)20-10-15(21)22)12-8-13(18(2,3)4)16(23)14(9-12)19(5,6)7/h8-9,11,15,21-23H,10H2,1-7H3,(H,20,24). The molecule has 24 heavy (non-hydrogen) atoms. The summed E-state index contributed by atoms with van der Waals surface area (Å²) in [6.45, 7) is 13.7. The second kappa shape index (κ2) is 7.11. The summed E-state index contributed by atoms with van der Waals surface area (Å²) >= 11 is 0. The van der Waals surface area contributed by atoms with Crippen LogP contribution in [0.3, 0.4) is 0 Å². The fourth-order valence-electron chi connectivity index (χ4n) is 2.55. The zero-order valence-corrected chi connectivity index (χ0v) is 15.8. The van der Waals surface area contributed by atoms with Crippen LogP contribution in [0, 0.1) is 0 Å². The third-order valence-electron chi connectivity index (χ3n) is 4.10. The van der Waals surface area contributed by atoms with E-state index in [1.807, 2.05) is 53.7 Å². The summed E-state index contributed by atoms with van der Waals surface area (Å²) < 4.78 is 0. The van der Waals surface area contributed by atoms with E-state index >= 15 is 0 Å². The number of nitrogens with one attached hydrogen (secondary N) is 1. The smallest absolute Gasteiger partial charge is 0.227 e. The van der Waals surface area contributed by atoms with Crippen molar-refractivity contribution in [1.29, 1.82) is 0 Å². The van der Waals surface area contributed by atoms with E-state index in [2.05, 4.69) is 5.32 Å². The van der Waals surface area contributed by atoms with Gasteiger partial charge in [-0.2, -0.15) is 0 Å². The summed E-state index contributed by atoms with van der Waals surface area (Å²) in [7, 11) is 0. The zero-order chi connectivity index (χ0) is 18.9. The fourth-order valence-corrected chi connectivity index (χ4v) is 2.55. The van der Waals surface area contributed by atoms with Gasteiger partial charge in [-0.3, -0.25) is 4.79 Å². The molecule has 136 valence electrons. The van der Waals surface area contributed by atoms with Gasteiger partial charge in [0.1, 0.15) is 5.75 Å². The van der Waals surface area contributed by atoms with E-state index in [-0.39, 0.29) is 29.0 Å². The highest BCUT2D eigenvalue weighted by atomic mass is 16.5. The maximum absolute atomic E-state index is 12.3. The molecule has 0 saturated heterocycles. The molecule has 1 aromatic rings. The minimum absolute atomic E-state index is 0.209. The number of phenolic OH excluding ortho intramolecular Hbond substituents is 1. The molecule has 1 aromatic carbocycles. The number of rotatable bonds is 4. The lowest BCUT2D eigenvalue weighted by Gasteiger charge is -2.29. The highest BCUT2D eigenvalue weighted by Crippen LogP contribution is 2.41. The van der Waals surface area contributed by atoms with Crippen LogP contribution in [0.25, 0.3) is 0 Å². The number of hydrogen-bond acceptors (Lipinski definition) is 4. The molecule has 5 heteroatoms. The molecule has 0 aliphatic carbocycles. The second-order valence-corrected chi connectivity index (χ2v) is 8.41. The minimum Gasteiger partial charge on any atom is -0.507 e. The van der Waals surface area contributed by atoms with Crippen LogP contribution in [0.15, 0.2) is 12.1 Å². The molecule has 0 radical (unpaired) electrons.